The van der Waals surface area contributed by atoms with Crippen molar-refractivity contribution >= 4 is 43.2 Å². The lowest BCUT2D eigenvalue weighted by Gasteiger charge is -2.11. The van der Waals surface area contributed by atoms with Gasteiger partial charge in [0.25, 0.3) is 0 Å². The molecule has 0 fully saturated rings. The highest BCUT2D eigenvalue weighted by atomic mass is 79.9. The molecule has 1 unspecified atom stereocenters. The summed E-state index contributed by atoms with van der Waals surface area (Å²) in [6, 6.07) is 3.90. The lowest BCUT2D eigenvalue weighted by Crippen LogP contribution is -2.15. The number of nitrogens with two attached hydrogens (primary N) is 1. The Balaban J connectivity index is 2.35. The number of nitrogens with zero attached hydrogens (tertiary/aromatic N) is 2. The van der Waals surface area contributed by atoms with Crippen LogP contribution < -0.4 is 5.73 Å². The van der Waals surface area contributed by atoms with Crippen LogP contribution in [0.25, 0.3) is 0 Å². The number of hydrogen-bond donors (Lipinski definition) is 1. The molecule has 0 saturated carbocycles. The molecule has 16 heavy (non-hydrogen) atoms. The average molecular weight is 365 g/mol. The Bertz CT molecular complexity index is 472. The summed E-state index contributed by atoms with van der Waals surface area (Å²) in [4.78, 5) is 1.12. The molecule has 0 bridgehead atoms. The van der Waals surface area contributed by atoms with E-state index in [-0.39, 0.29) is 6.04 Å². The van der Waals surface area contributed by atoms with Crippen LogP contribution in [0, 0.1) is 0 Å². The zero-order valence-corrected chi connectivity index (χ0v) is 12.6. The summed E-state index contributed by atoms with van der Waals surface area (Å²) < 4.78 is 4.04. The van der Waals surface area contributed by atoms with E-state index in [1.807, 2.05) is 16.8 Å². The summed E-state index contributed by atoms with van der Waals surface area (Å²) in [5.41, 5.74) is 7.27. The second-order valence-electron chi connectivity index (χ2n) is 3.32. The van der Waals surface area contributed by atoms with E-state index in [0.717, 1.165) is 25.4 Å². The maximum absolute atomic E-state index is 6.23. The predicted molar refractivity (Wildman–Crippen MR) is 73.7 cm³/mol. The van der Waals surface area contributed by atoms with Crippen LogP contribution in [-0.2, 0) is 6.54 Å². The van der Waals surface area contributed by atoms with Gasteiger partial charge < -0.3 is 5.73 Å². The molecule has 1 atom stereocenters. The quantitative estimate of drug-likeness (QED) is 0.905. The van der Waals surface area contributed by atoms with Crippen molar-refractivity contribution in [3.8, 4) is 0 Å². The number of aromatic nitrogens is 2. The van der Waals surface area contributed by atoms with Crippen molar-refractivity contribution in [2.75, 3.05) is 0 Å². The number of rotatable bonds is 3. The molecule has 86 valence electrons. The van der Waals surface area contributed by atoms with E-state index in [2.05, 4.69) is 43.9 Å². The number of hydrogen-bond acceptors (Lipinski definition) is 3. The fourth-order valence-corrected chi connectivity index (χ4v) is 3.64. The zero-order chi connectivity index (χ0) is 11.7. The Morgan fingerprint density at radius 2 is 2.31 bits per heavy atom. The normalized spacial score (nSPS) is 13.0. The van der Waals surface area contributed by atoms with Crippen molar-refractivity contribution in [3.05, 3.63) is 37.2 Å². The lowest BCUT2D eigenvalue weighted by molar-refractivity contribution is 0.603. The van der Waals surface area contributed by atoms with Gasteiger partial charge in [-0.05, 0) is 50.9 Å². The molecule has 3 nitrogen and oxygen atoms in total. The molecule has 0 aliphatic heterocycles. The minimum atomic E-state index is -0.116. The summed E-state index contributed by atoms with van der Waals surface area (Å²) in [6.07, 6.45) is 1.79. The fraction of sp³-hybridized carbons (Fsp3) is 0.300. The third kappa shape index (κ3) is 2.25. The molecule has 0 amide bonds. The third-order valence-electron chi connectivity index (χ3n) is 2.34. The molecule has 0 saturated heterocycles. The Hall–Kier alpha value is -0.170. The van der Waals surface area contributed by atoms with Gasteiger partial charge in [-0.3, -0.25) is 4.68 Å². The summed E-state index contributed by atoms with van der Waals surface area (Å²) in [6.45, 7) is 2.90. The molecule has 0 radical (unpaired) electrons. The van der Waals surface area contributed by atoms with Crippen LogP contribution >= 0.6 is 43.2 Å². The molecule has 2 aromatic heterocycles. The Morgan fingerprint density at radius 3 is 2.88 bits per heavy atom. The summed E-state index contributed by atoms with van der Waals surface area (Å²) in [5.74, 6) is 0. The van der Waals surface area contributed by atoms with Crippen molar-refractivity contribution in [1.29, 1.82) is 0 Å². The first kappa shape index (κ1) is 12.3. The smallest absolute Gasteiger partial charge is 0.0843 e. The van der Waals surface area contributed by atoms with E-state index in [4.69, 9.17) is 5.73 Å². The van der Waals surface area contributed by atoms with Gasteiger partial charge in [-0.15, -0.1) is 11.3 Å². The number of aryl methyl sites for hydroxylation is 1. The van der Waals surface area contributed by atoms with Crippen molar-refractivity contribution in [2.45, 2.75) is 19.5 Å². The summed E-state index contributed by atoms with van der Waals surface area (Å²) >= 11 is 8.59. The molecule has 2 rings (SSSR count). The van der Waals surface area contributed by atoms with E-state index in [9.17, 15) is 0 Å². The molecule has 2 heterocycles. The van der Waals surface area contributed by atoms with Crippen LogP contribution in [-0.4, -0.2) is 9.78 Å². The SMILES string of the molecule is CCn1nccc1C(N)c1cc(Br)c(Br)s1. The van der Waals surface area contributed by atoms with Crippen molar-refractivity contribution in [3.63, 3.8) is 0 Å². The van der Waals surface area contributed by atoms with Crippen LogP contribution in [0.2, 0.25) is 0 Å². The topological polar surface area (TPSA) is 43.8 Å². The van der Waals surface area contributed by atoms with Gasteiger partial charge in [0.1, 0.15) is 0 Å². The standard InChI is InChI=1S/C10H11Br2N3S/c1-2-15-7(3-4-14-15)9(13)8-5-6(11)10(12)16-8/h3-5,9H,2,13H2,1H3. The Labute approximate surface area is 115 Å². The van der Waals surface area contributed by atoms with Crippen molar-refractivity contribution in [2.24, 2.45) is 5.73 Å². The monoisotopic (exact) mass is 363 g/mol. The van der Waals surface area contributed by atoms with E-state index < -0.39 is 0 Å². The molecule has 0 aliphatic rings. The van der Waals surface area contributed by atoms with E-state index in [1.54, 1.807) is 17.5 Å². The summed E-state index contributed by atoms with van der Waals surface area (Å²) in [7, 11) is 0. The minimum Gasteiger partial charge on any atom is -0.318 e. The van der Waals surface area contributed by atoms with E-state index in [0.29, 0.717) is 0 Å². The van der Waals surface area contributed by atoms with Gasteiger partial charge in [-0.2, -0.15) is 5.10 Å². The summed E-state index contributed by atoms with van der Waals surface area (Å²) in [5, 5.41) is 4.23. The average Bonchev–Trinajstić information content (AvgIpc) is 2.85. The second kappa shape index (κ2) is 5.00. The van der Waals surface area contributed by atoms with Crippen molar-refractivity contribution in [1.82, 2.24) is 9.78 Å². The molecular formula is C10H11Br2N3S. The van der Waals surface area contributed by atoms with Gasteiger partial charge in [0, 0.05) is 22.1 Å². The lowest BCUT2D eigenvalue weighted by atomic mass is 10.2. The van der Waals surface area contributed by atoms with E-state index in [1.165, 1.54) is 0 Å². The highest BCUT2D eigenvalue weighted by Gasteiger charge is 2.16. The first-order valence-electron chi connectivity index (χ1n) is 4.85. The Morgan fingerprint density at radius 1 is 1.56 bits per heavy atom. The Kier molecular flexibility index (Phi) is 3.84. The maximum Gasteiger partial charge on any atom is 0.0843 e. The van der Waals surface area contributed by atoms with E-state index >= 15 is 0 Å². The van der Waals surface area contributed by atoms with Crippen molar-refractivity contribution < 1.29 is 0 Å². The fourth-order valence-electron chi connectivity index (χ4n) is 1.53. The molecule has 0 aliphatic carbocycles. The molecule has 2 N–H and O–H groups in total. The van der Waals surface area contributed by atoms with Crippen LogP contribution in [0.3, 0.4) is 0 Å². The zero-order valence-electron chi connectivity index (χ0n) is 8.65. The van der Waals surface area contributed by atoms with Gasteiger partial charge in [0.2, 0.25) is 0 Å². The molecule has 0 aromatic carbocycles. The molecule has 6 heteroatoms. The number of thiophene rings is 1. The first-order chi connectivity index (χ1) is 7.63. The van der Waals surface area contributed by atoms with Crippen LogP contribution in [0.4, 0.5) is 0 Å². The van der Waals surface area contributed by atoms with Crippen LogP contribution in [0.5, 0.6) is 0 Å². The molecule has 2 aromatic rings. The largest absolute Gasteiger partial charge is 0.318 e. The highest BCUT2D eigenvalue weighted by Crippen LogP contribution is 2.36. The van der Waals surface area contributed by atoms with Gasteiger partial charge in [0.15, 0.2) is 0 Å². The van der Waals surface area contributed by atoms with Crippen LogP contribution in [0.1, 0.15) is 23.5 Å². The number of halogens is 2. The van der Waals surface area contributed by atoms with Gasteiger partial charge >= 0.3 is 0 Å². The van der Waals surface area contributed by atoms with Crippen LogP contribution in [0.15, 0.2) is 26.6 Å². The first-order valence-corrected chi connectivity index (χ1v) is 7.25. The predicted octanol–water partition coefficient (Wildman–Crippen LogP) is 3.54. The maximum atomic E-state index is 6.23. The second-order valence-corrected chi connectivity index (χ2v) is 6.58. The highest BCUT2D eigenvalue weighted by molar-refractivity contribution is 9.13. The molecule has 0 spiro atoms. The van der Waals surface area contributed by atoms with Gasteiger partial charge in [-0.25, -0.2) is 0 Å². The molecular weight excluding hydrogens is 354 g/mol. The minimum absolute atomic E-state index is 0.116. The van der Waals surface area contributed by atoms with Gasteiger partial charge in [0.05, 0.1) is 15.5 Å². The third-order valence-corrected chi connectivity index (χ3v) is 5.68. The van der Waals surface area contributed by atoms with Gasteiger partial charge in [-0.1, -0.05) is 0 Å².